The molecule has 0 aromatic heterocycles. The Bertz CT molecular complexity index is 2640. The van der Waals surface area contributed by atoms with Crippen molar-refractivity contribution in [2.24, 2.45) is 0 Å². The van der Waals surface area contributed by atoms with Gasteiger partial charge in [0.05, 0.1) is 96.1 Å². The minimum Gasteiger partial charge on any atom is -0.0620 e. The van der Waals surface area contributed by atoms with Crippen molar-refractivity contribution in [3.8, 4) is 0 Å². The summed E-state index contributed by atoms with van der Waals surface area (Å²) < 4.78 is 0. The van der Waals surface area contributed by atoms with E-state index in [9.17, 15) is 0 Å². The molecular formula is C68H64P4+4. The first kappa shape index (κ1) is 48.2. The first-order chi connectivity index (χ1) is 35.6. The average Bonchev–Trinajstić information content (AvgIpc) is 3.47. The monoisotopic (exact) mass is 1000 g/mol. The molecule has 4 heteroatoms. The van der Waals surface area contributed by atoms with Crippen molar-refractivity contribution >= 4 is 71.5 Å². The zero-order chi connectivity index (χ0) is 48.5. The van der Waals surface area contributed by atoms with Gasteiger partial charge in [-0.1, -0.05) is 194 Å². The minimum absolute atomic E-state index is 1.01. The Hall–Kier alpha value is -6.08. The molecule has 4 aliphatic rings. The molecule has 4 bridgehead atoms. The molecule has 0 radical (unpaired) electrons. The predicted octanol–water partition coefficient (Wildman–Crippen LogP) is 14.1. The van der Waals surface area contributed by atoms with Crippen LogP contribution in [0.3, 0.4) is 0 Å². The summed E-state index contributed by atoms with van der Waals surface area (Å²) in [6, 6.07) is 113. The van der Waals surface area contributed by atoms with E-state index in [1.54, 1.807) is 0 Å². The van der Waals surface area contributed by atoms with Crippen LogP contribution in [0.4, 0.5) is 0 Å². The van der Waals surface area contributed by atoms with Crippen LogP contribution in [0.5, 0.6) is 0 Å². The molecule has 72 heavy (non-hydrogen) atoms. The van der Waals surface area contributed by atoms with E-state index < -0.39 is 29.0 Å². The van der Waals surface area contributed by atoms with Crippen LogP contribution in [0, 0.1) is 0 Å². The normalized spacial score (nSPS) is 16.3. The van der Waals surface area contributed by atoms with Gasteiger partial charge in [-0.05, 0) is 119 Å². The van der Waals surface area contributed by atoms with Gasteiger partial charge >= 0.3 is 0 Å². The summed E-state index contributed by atoms with van der Waals surface area (Å²) in [4.78, 5) is 0. The number of benzene rings is 10. The van der Waals surface area contributed by atoms with Gasteiger partial charge in [-0.3, -0.25) is 0 Å². The summed E-state index contributed by atoms with van der Waals surface area (Å²) in [6.45, 7) is 0. The highest BCUT2D eigenvalue weighted by molar-refractivity contribution is 7.93. The third-order valence-electron chi connectivity index (χ3n) is 15.6. The molecule has 0 saturated heterocycles. The maximum absolute atomic E-state index is 2.52. The number of hydrogen-bond donors (Lipinski definition) is 0. The van der Waals surface area contributed by atoms with Gasteiger partial charge < -0.3 is 0 Å². The Kier molecular flexibility index (Phi) is 14.7. The highest BCUT2D eigenvalue weighted by Gasteiger charge is 2.53. The second-order valence-electron chi connectivity index (χ2n) is 19.7. The smallest absolute Gasteiger partial charge is 0.0620 e. The SMILES string of the molecule is c1ccc([P+]2(c3ccccc3)CC[P+](c3ccccc3)(c3ccccc3)Cc3ccc(cc3)C[P+](c3ccccc3)(c3ccccc3)CC[P+](c3ccccc3)(c3ccccc3)Cc3ccc(cc3)C2)cc1. The zero-order valence-electron chi connectivity index (χ0n) is 41.2. The van der Waals surface area contributed by atoms with Gasteiger partial charge in [-0.15, -0.1) is 0 Å². The van der Waals surface area contributed by atoms with Crippen LogP contribution >= 0.6 is 29.0 Å². The van der Waals surface area contributed by atoms with Crippen LogP contribution in [0.1, 0.15) is 22.3 Å². The fraction of sp³-hybridized carbons (Fsp3) is 0.118. The summed E-state index contributed by atoms with van der Waals surface area (Å²) in [5.41, 5.74) is 5.70. The van der Waals surface area contributed by atoms with Crippen molar-refractivity contribution < 1.29 is 0 Å². The topological polar surface area (TPSA) is 0 Å². The minimum atomic E-state index is -2.06. The quantitative estimate of drug-likeness (QED) is 0.133. The van der Waals surface area contributed by atoms with Gasteiger partial charge in [-0.2, -0.15) is 0 Å². The summed E-state index contributed by atoms with van der Waals surface area (Å²) >= 11 is 0. The molecule has 10 aromatic rings. The molecule has 352 valence electrons. The molecule has 4 aliphatic heterocycles. The van der Waals surface area contributed by atoms with Crippen LogP contribution in [0.15, 0.2) is 291 Å². The Morgan fingerprint density at radius 1 is 0.153 bits per heavy atom. The summed E-state index contributed by atoms with van der Waals surface area (Å²) in [6.07, 6.45) is 8.48. The van der Waals surface area contributed by atoms with Gasteiger partial charge in [0.15, 0.2) is 0 Å². The van der Waals surface area contributed by atoms with Gasteiger partial charge in [0.1, 0.15) is 24.6 Å². The molecule has 0 nitrogen and oxygen atoms in total. The van der Waals surface area contributed by atoms with Crippen molar-refractivity contribution in [2.45, 2.75) is 24.6 Å². The van der Waals surface area contributed by atoms with E-state index >= 15 is 0 Å². The zero-order valence-corrected chi connectivity index (χ0v) is 44.7. The summed E-state index contributed by atoms with van der Waals surface area (Å²) in [7, 11) is -8.24. The third-order valence-corrected chi connectivity index (χ3v) is 34.2. The lowest BCUT2D eigenvalue weighted by Crippen LogP contribution is -2.33. The maximum atomic E-state index is 2.52. The van der Waals surface area contributed by atoms with Crippen molar-refractivity contribution in [2.75, 3.05) is 24.6 Å². The van der Waals surface area contributed by atoms with Crippen LogP contribution in [0.2, 0.25) is 0 Å². The van der Waals surface area contributed by atoms with Crippen molar-refractivity contribution in [3.05, 3.63) is 313 Å². The molecule has 0 saturated carbocycles. The van der Waals surface area contributed by atoms with E-state index in [-0.39, 0.29) is 0 Å². The fourth-order valence-corrected chi connectivity index (χ4v) is 31.9. The lowest BCUT2D eigenvalue weighted by atomic mass is 10.2. The van der Waals surface area contributed by atoms with Crippen LogP contribution in [-0.4, -0.2) is 24.6 Å². The lowest BCUT2D eigenvalue weighted by molar-refractivity contribution is 1.27. The van der Waals surface area contributed by atoms with E-state index in [0.717, 1.165) is 49.3 Å². The largest absolute Gasteiger partial charge is 0.103 e. The molecule has 10 aromatic carbocycles. The van der Waals surface area contributed by atoms with E-state index in [1.807, 2.05) is 0 Å². The highest BCUT2D eigenvalue weighted by Crippen LogP contribution is 2.68. The molecule has 0 unspecified atom stereocenters. The first-order valence-corrected chi connectivity index (χ1v) is 34.3. The lowest BCUT2D eigenvalue weighted by Gasteiger charge is -2.33. The van der Waals surface area contributed by atoms with Crippen LogP contribution in [0.25, 0.3) is 0 Å². The van der Waals surface area contributed by atoms with Crippen molar-refractivity contribution in [1.82, 2.24) is 0 Å². The molecule has 0 N–H and O–H groups in total. The average molecular weight is 1010 g/mol. The molecule has 14 rings (SSSR count). The Morgan fingerprint density at radius 2 is 0.278 bits per heavy atom. The van der Waals surface area contributed by atoms with Crippen LogP contribution in [-0.2, 0) is 24.6 Å². The highest BCUT2D eigenvalue weighted by atomic mass is 31.2. The number of hydrogen-bond acceptors (Lipinski definition) is 0. The molecule has 0 aliphatic carbocycles. The third kappa shape index (κ3) is 9.89. The van der Waals surface area contributed by atoms with Crippen molar-refractivity contribution in [1.29, 1.82) is 0 Å². The first-order valence-electron chi connectivity index (χ1n) is 25.7. The summed E-state index contributed by atoms with van der Waals surface area (Å²) in [5.74, 6) is 0. The van der Waals surface area contributed by atoms with Crippen molar-refractivity contribution in [3.63, 3.8) is 0 Å². The van der Waals surface area contributed by atoms with Gasteiger partial charge in [0, 0.05) is 0 Å². The molecular weight excluding hydrogens is 941 g/mol. The predicted molar refractivity (Wildman–Crippen MR) is 323 cm³/mol. The summed E-state index contributed by atoms with van der Waals surface area (Å²) in [5, 5.41) is 11.9. The Labute approximate surface area is 431 Å². The van der Waals surface area contributed by atoms with E-state index in [2.05, 4.69) is 291 Å². The molecule has 0 atom stereocenters. The van der Waals surface area contributed by atoms with Crippen LogP contribution < -0.4 is 42.4 Å². The molecule has 0 amide bonds. The fourth-order valence-electron chi connectivity index (χ4n) is 11.8. The Balaban J connectivity index is 1.15. The van der Waals surface area contributed by atoms with E-state index in [0.29, 0.717) is 0 Å². The molecule has 4 heterocycles. The molecule has 0 fully saturated rings. The standard InChI is InChI=1S/C68H64P4/c1-9-25-61(26-10-1)69(62-27-11-2-12-28-62)49-50-70(63-29-13-3-14-30-63,64-31-15-4-16-32-64)54-59-45-47-60(48-46-59)56-72(67-37-21-7-22-38-67,68-39-23-8-24-40-68)52-51-71(65-33-17-5-18-34-65,66-35-19-6-20-36-66)55-58-43-41-57(53-69)42-44-58/h1-48H,49-56H2/q+4. The van der Waals surface area contributed by atoms with E-state index in [1.165, 1.54) is 64.7 Å². The second-order valence-corrected chi connectivity index (χ2v) is 34.6. The van der Waals surface area contributed by atoms with Gasteiger partial charge in [-0.25, -0.2) is 0 Å². The van der Waals surface area contributed by atoms with Gasteiger partial charge in [0.25, 0.3) is 0 Å². The maximum Gasteiger partial charge on any atom is 0.103 e. The molecule has 0 spiro atoms. The number of rotatable bonds is 8. The van der Waals surface area contributed by atoms with Gasteiger partial charge in [0.2, 0.25) is 0 Å². The van der Waals surface area contributed by atoms with E-state index in [4.69, 9.17) is 0 Å². The Morgan fingerprint density at radius 3 is 0.403 bits per heavy atom. The second kappa shape index (κ2) is 22.0.